The van der Waals surface area contributed by atoms with Crippen LogP contribution >= 0.6 is 11.6 Å². The fraction of sp³-hybridized carbons (Fsp3) is 0.538. The number of alkyl halides is 1. The number of aryl methyl sites for hydroxylation is 1. The molecule has 0 saturated heterocycles. The smallest absolute Gasteiger partial charge is 0.0308 e. The highest BCUT2D eigenvalue weighted by Gasteiger charge is 1.97. The summed E-state index contributed by atoms with van der Waals surface area (Å²) in [6.07, 6.45) is 2.23. The highest BCUT2D eigenvalue weighted by Crippen LogP contribution is 2.06. The predicted octanol–water partition coefficient (Wildman–Crippen LogP) is 3.49. The lowest BCUT2D eigenvalue weighted by atomic mass is 10.1. The normalized spacial score (nSPS) is 12.7. The van der Waals surface area contributed by atoms with Gasteiger partial charge in [0.05, 0.1) is 0 Å². The van der Waals surface area contributed by atoms with Crippen molar-refractivity contribution in [3.8, 4) is 0 Å². The van der Waals surface area contributed by atoms with E-state index in [1.165, 1.54) is 11.1 Å². The molecule has 84 valence electrons. The number of halogens is 1. The van der Waals surface area contributed by atoms with Crippen LogP contribution in [0.5, 0.6) is 0 Å². The van der Waals surface area contributed by atoms with Gasteiger partial charge in [-0.15, -0.1) is 11.6 Å². The summed E-state index contributed by atoms with van der Waals surface area (Å²) in [7, 11) is 0. The molecule has 0 radical (unpaired) electrons. The first-order valence-corrected chi connectivity index (χ1v) is 6.03. The van der Waals surface area contributed by atoms with E-state index in [1.807, 2.05) is 6.92 Å². The summed E-state index contributed by atoms with van der Waals surface area (Å²) in [6.45, 7) is 6.20. The molecule has 0 aliphatic carbocycles. The average Bonchev–Trinajstić information content (AvgIpc) is 2.20. The van der Waals surface area contributed by atoms with E-state index in [-0.39, 0.29) is 0 Å². The van der Waals surface area contributed by atoms with Gasteiger partial charge in [0, 0.05) is 11.9 Å². The summed E-state index contributed by atoms with van der Waals surface area (Å²) in [5.74, 6) is 0. The van der Waals surface area contributed by atoms with E-state index in [9.17, 15) is 0 Å². The van der Waals surface area contributed by atoms with Gasteiger partial charge in [0.2, 0.25) is 0 Å². The van der Waals surface area contributed by atoms with Crippen molar-refractivity contribution in [3.05, 3.63) is 35.4 Å². The number of rotatable bonds is 6. The molecule has 0 heterocycles. The van der Waals surface area contributed by atoms with Crippen LogP contribution in [0.15, 0.2) is 24.3 Å². The van der Waals surface area contributed by atoms with Gasteiger partial charge in [-0.2, -0.15) is 0 Å². The van der Waals surface area contributed by atoms with Gasteiger partial charge in [0.15, 0.2) is 0 Å². The first kappa shape index (κ1) is 12.5. The van der Waals surface area contributed by atoms with Crippen molar-refractivity contribution < 1.29 is 0 Å². The third kappa shape index (κ3) is 5.19. The van der Waals surface area contributed by atoms with Gasteiger partial charge < -0.3 is 5.32 Å². The minimum Gasteiger partial charge on any atom is -0.313 e. The maximum absolute atomic E-state index is 5.87. The van der Waals surface area contributed by atoms with Crippen LogP contribution in [0.4, 0.5) is 0 Å². The van der Waals surface area contributed by atoms with Crippen LogP contribution < -0.4 is 5.32 Å². The highest BCUT2D eigenvalue weighted by atomic mass is 35.5. The molecule has 0 aromatic heterocycles. The van der Waals surface area contributed by atoms with Crippen LogP contribution in [0.3, 0.4) is 0 Å². The van der Waals surface area contributed by atoms with Crippen LogP contribution in [0.1, 0.15) is 30.9 Å². The molecule has 0 saturated carbocycles. The predicted molar refractivity (Wildman–Crippen MR) is 67.4 cm³/mol. The Bertz CT molecular complexity index is 284. The lowest BCUT2D eigenvalue weighted by Crippen LogP contribution is -2.16. The van der Waals surface area contributed by atoms with Gasteiger partial charge >= 0.3 is 0 Å². The molecular weight excluding hydrogens is 206 g/mol. The standard InChI is InChI=1S/C13H20ClN/c1-11-6-3-4-8-13(11)10-15-9-5-7-12(2)14/h3-4,6,8,12,15H,5,7,9-10H2,1-2H3. The molecule has 0 aliphatic heterocycles. The van der Waals surface area contributed by atoms with Crippen LogP contribution in [-0.4, -0.2) is 11.9 Å². The molecule has 1 N–H and O–H groups in total. The van der Waals surface area contributed by atoms with Crippen molar-refractivity contribution in [1.29, 1.82) is 0 Å². The molecule has 1 nitrogen and oxygen atoms in total. The maximum Gasteiger partial charge on any atom is 0.0308 e. The van der Waals surface area contributed by atoms with Crippen molar-refractivity contribution in [2.24, 2.45) is 0 Å². The zero-order chi connectivity index (χ0) is 11.1. The second-order valence-corrected chi connectivity index (χ2v) is 4.77. The minimum absolute atomic E-state index is 0.297. The molecule has 1 atom stereocenters. The molecule has 1 unspecified atom stereocenters. The van der Waals surface area contributed by atoms with Crippen LogP contribution in [0.2, 0.25) is 0 Å². The summed E-state index contributed by atoms with van der Waals surface area (Å²) < 4.78 is 0. The lowest BCUT2D eigenvalue weighted by Gasteiger charge is -2.07. The molecule has 0 amide bonds. The van der Waals surface area contributed by atoms with Gasteiger partial charge in [-0.25, -0.2) is 0 Å². The van der Waals surface area contributed by atoms with Crippen molar-refractivity contribution >= 4 is 11.6 Å². The van der Waals surface area contributed by atoms with Gasteiger partial charge in [0.1, 0.15) is 0 Å². The third-order valence-electron chi connectivity index (χ3n) is 2.53. The van der Waals surface area contributed by atoms with E-state index >= 15 is 0 Å². The highest BCUT2D eigenvalue weighted by molar-refractivity contribution is 6.20. The molecule has 1 rings (SSSR count). The number of hydrogen-bond acceptors (Lipinski definition) is 1. The second-order valence-electron chi connectivity index (χ2n) is 4.03. The van der Waals surface area contributed by atoms with E-state index in [2.05, 4.69) is 36.5 Å². The molecule has 15 heavy (non-hydrogen) atoms. The average molecular weight is 226 g/mol. The lowest BCUT2D eigenvalue weighted by molar-refractivity contribution is 0.618. The van der Waals surface area contributed by atoms with Crippen molar-refractivity contribution in [2.45, 2.75) is 38.6 Å². The van der Waals surface area contributed by atoms with Gasteiger partial charge in [-0.3, -0.25) is 0 Å². The van der Waals surface area contributed by atoms with Crippen molar-refractivity contribution in [1.82, 2.24) is 5.32 Å². The minimum atomic E-state index is 0.297. The van der Waals surface area contributed by atoms with E-state index in [0.717, 1.165) is 25.9 Å². The van der Waals surface area contributed by atoms with Gasteiger partial charge in [-0.05, 0) is 44.4 Å². The molecule has 1 aromatic carbocycles. The van der Waals surface area contributed by atoms with Gasteiger partial charge in [0.25, 0.3) is 0 Å². The summed E-state index contributed by atoms with van der Waals surface area (Å²) in [5.41, 5.74) is 2.74. The fourth-order valence-corrected chi connectivity index (χ4v) is 1.69. The molecule has 2 heteroatoms. The molecule has 0 fully saturated rings. The first-order valence-electron chi connectivity index (χ1n) is 5.59. The second kappa shape index (κ2) is 6.86. The Morgan fingerprint density at radius 2 is 2.07 bits per heavy atom. The Morgan fingerprint density at radius 3 is 2.73 bits per heavy atom. The van der Waals surface area contributed by atoms with E-state index in [0.29, 0.717) is 5.38 Å². The SMILES string of the molecule is Cc1ccccc1CNCCCC(C)Cl. The first-order chi connectivity index (χ1) is 7.20. The zero-order valence-electron chi connectivity index (χ0n) is 9.59. The number of benzene rings is 1. The fourth-order valence-electron chi connectivity index (χ4n) is 1.54. The molecule has 1 aromatic rings. The monoisotopic (exact) mass is 225 g/mol. The van der Waals surface area contributed by atoms with Crippen LogP contribution in [0.25, 0.3) is 0 Å². The number of nitrogens with one attached hydrogen (secondary N) is 1. The summed E-state index contributed by atoms with van der Waals surface area (Å²) in [6, 6.07) is 8.49. The van der Waals surface area contributed by atoms with Crippen LogP contribution in [-0.2, 0) is 6.54 Å². The third-order valence-corrected chi connectivity index (χ3v) is 2.75. The van der Waals surface area contributed by atoms with Crippen LogP contribution in [0, 0.1) is 6.92 Å². The topological polar surface area (TPSA) is 12.0 Å². The van der Waals surface area contributed by atoms with E-state index in [4.69, 9.17) is 11.6 Å². The Hall–Kier alpha value is -0.530. The molecule has 0 aliphatic rings. The Labute approximate surface area is 97.8 Å². The number of hydrogen-bond donors (Lipinski definition) is 1. The largest absolute Gasteiger partial charge is 0.313 e. The Morgan fingerprint density at radius 1 is 1.33 bits per heavy atom. The summed E-state index contributed by atoms with van der Waals surface area (Å²) in [4.78, 5) is 0. The quantitative estimate of drug-likeness (QED) is 0.577. The maximum atomic E-state index is 5.87. The van der Waals surface area contributed by atoms with E-state index in [1.54, 1.807) is 0 Å². The summed E-state index contributed by atoms with van der Waals surface area (Å²) in [5, 5.41) is 3.74. The molecular formula is C13H20ClN. The van der Waals surface area contributed by atoms with Crippen molar-refractivity contribution in [2.75, 3.05) is 6.54 Å². The zero-order valence-corrected chi connectivity index (χ0v) is 10.3. The van der Waals surface area contributed by atoms with Crippen molar-refractivity contribution in [3.63, 3.8) is 0 Å². The Balaban J connectivity index is 2.18. The molecule has 0 bridgehead atoms. The Kier molecular flexibility index (Phi) is 5.74. The van der Waals surface area contributed by atoms with Gasteiger partial charge in [-0.1, -0.05) is 24.3 Å². The summed E-state index contributed by atoms with van der Waals surface area (Å²) >= 11 is 5.87. The molecule has 0 spiro atoms. The van der Waals surface area contributed by atoms with E-state index < -0.39 is 0 Å².